The molecule has 1 atom stereocenters. The van der Waals surface area contributed by atoms with Crippen molar-refractivity contribution in [2.75, 3.05) is 18.6 Å². The second-order valence-electron chi connectivity index (χ2n) is 4.31. The van der Waals surface area contributed by atoms with Gasteiger partial charge in [-0.15, -0.1) is 0 Å². The SMILES string of the molecule is CSC[C@](C)(O)CNS(=O)(=O)c1c(F)cccc1F. The number of benzene rings is 1. The van der Waals surface area contributed by atoms with E-state index in [0.29, 0.717) is 0 Å². The van der Waals surface area contributed by atoms with Crippen molar-refractivity contribution in [2.24, 2.45) is 0 Å². The Morgan fingerprint density at radius 1 is 1.37 bits per heavy atom. The van der Waals surface area contributed by atoms with Crippen molar-refractivity contribution in [3.63, 3.8) is 0 Å². The molecule has 1 rings (SSSR count). The minimum absolute atomic E-state index is 0.287. The molecule has 0 heterocycles. The van der Waals surface area contributed by atoms with Crippen molar-refractivity contribution < 1.29 is 22.3 Å². The standard InChI is InChI=1S/C11H15F2NO3S2/c1-11(15,7-18-2)6-14-19(16,17)10-8(12)4-3-5-9(10)13/h3-5,14-15H,6-7H2,1-2H3/t11-/m1/s1. The number of halogens is 2. The van der Waals surface area contributed by atoms with Gasteiger partial charge in [0.05, 0.1) is 5.60 Å². The number of aliphatic hydroxyl groups is 1. The van der Waals surface area contributed by atoms with Gasteiger partial charge in [-0.05, 0) is 25.3 Å². The summed E-state index contributed by atoms with van der Waals surface area (Å²) in [4.78, 5) is -1.03. The fraction of sp³-hybridized carbons (Fsp3) is 0.455. The third-order valence-electron chi connectivity index (χ3n) is 2.29. The van der Waals surface area contributed by atoms with Crippen molar-refractivity contribution >= 4 is 21.8 Å². The van der Waals surface area contributed by atoms with Gasteiger partial charge in [-0.3, -0.25) is 0 Å². The first-order valence-corrected chi connectivity index (χ1v) is 8.22. The molecule has 0 bridgehead atoms. The van der Waals surface area contributed by atoms with Crippen LogP contribution >= 0.6 is 11.8 Å². The maximum atomic E-state index is 13.4. The van der Waals surface area contributed by atoms with Gasteiger partial charge in [-0.2, -0.15) is 11.8 Å². The fourth-order valence-electron chi connectivity index (χ4n) is 1.42. The maximum Gasteiger partial charge on any atom is 0.246 e. The number of rotatable bonds is 6. The minimum atomic E-state index is -4.34. The Morgan fingerprint density at radius 2 is 1.89 bits per heavy atom. The normalized spacial score (nSPS) is 15.2. The quantitative estimate of drug-likeness (QED) is 0.832. The van der Waals surface area contributed by atoms with Crippen LogP contribution in [0.15, 0.2) is 23.1 Å². The Balaban J connectivity index is 2.94. The fourth-order valence-corrected chi connectivity index (χ4v) is 3.44. The molecule has 19 heavy (non-hydrogen) atoms. The van der Waals surface area contributed by atoms with Gasteiger partial charge < -0.3 is 5.11 Å². The van der Waals surface area contributed by atoms with Crippen molar-refractivity contribution in [1.82, 2.24) is 4.72 Å². The number of hydrogen-bond donors (Lipinski definition) is 2. The summed E-state index contributed by atoms with van der Waals surface area (Å²) in [5.41, 5.74) is -1.30. The van der Waals surface area contributed by atoms with E-state index in [1.165, 1.54) is 18.7 Å². The first-order chi connectivity index (χ1) is 8.69. The second-order valence-corrected chi connectivity index (χ2v) is 6.88. The first kappa shape index (κ1) is 16.4. The number of thioether (sulfide) groups is 1. The minimum Gasteiger partial charge on any atom is -0.388 e. The van der Waals surface area contributed by atoms with Crippen LogP contribution in [0, 0.1) is 11.6 Å². The third kappa shape index (κ3) is 4.41. The topological polar surface area (TPSA) is 66.4 Å². The highest BCUT2D eigenvalue weighted by Crippen LogP contribution is 2.18. The molecule has 0 saturated carbocycles. The van der Waals surface area contributed by atoms with E-state index >= 15 is 0 Å². The van der Waals surface area contributed by atoms with Crippen LogP contribution in [-0.4, -0.2) is 37.7 Å². The van der Waals surface area contributed by atoms with E-state index < -0.39 is 32.2 Å². The molecule has 0 aromatic heterocycles. The van der Waals surface area contributed by atoms with Crippen molar-refractivity contribution in [3.8, 4) is 0 Å². The Labute approximate surface area is 115 Å². The summed E-state index contributed by atoms with van der Waals surface area (Å²) in [7, 11) is -4.34. The molecule has 0 aliphatic carbocycles. The Hall–Kier alpha value is -0.700. The smallest absolute Gasteiger partial charge is 0.246 e. The van der Waals surface area contributed by atoms with E-state index in [9.17, 15) is 22.3 Å². The van der Waals surface area contributed by atoms with Crippen LogP contribution in [0.25, 0.3) is 0 Å². The third-order valence-corrected chi connectivity index (χ3v) is 4.65. The van der Waals surface area contributed by atoms with Gasteiger partial charge in [0.15, 0.2) is 4.90 Å². The zero-order chi connectivity index (χ0) is 14.7. The van der Waals surface area contributed by atoms with E-state index in [1.54, 1.807) is 6.26 Å². The number of hydrogen-bond acceptors (Lipinski definition) is 4. The van der Waals surface area contributed by atoms with Crippen LogP contribution in [0.1, 0.15) is 6.92 Å². The van der Waals surface area contributed by atoms with Crippen LogP contribution in [0.3, 0.4) is 0 Å². The van der Waals surface area contributed by atoms with Crippen LogP contribution in [0.2, 0.25) is 0 Å². The lowest BCUT2D eigenvalue weighted by Gasteiger charge is -2.22. The predicted octanol–water partition coefficient (Wildman–Crippen LogP) is 1.36. The predicted molar refractivity (Wildman–Crippen MR) is 70.6 cm³/mol. The monoisotopic (exact) mass is 311 g/mol. The molecule has 0 aliphatic rings. The molecule has 0 saturated heterocycles. The highest BCUT2D eigenvalue weighted by atomic mass is 32.2. The highest BCUT2D eigenvalue weighted by molar-refractivity contribution is 7.98. The molecule has 1 aromatic carbocycles. The summed E-state index contributed by atoms with van der Waals surface area (Å²) in [6.07, 6.45) is 1.75. The Morgan fingerprint density at radius 3 is 2.37 bits per heavy atom. The van der Waals surface area contributed by atoms with E-state index in [2.05, 4.69) is 0 Å². The summed E-state index contributed by atoms with van der Waals surface area (Å²) in [6, 6.07) is 2.79. The Kier molecular flexibility index (Phi) is 5.31. The molecule has 2 N–H and O–H groups in total. The summed E-state index contributed by atoms with van der Waals surface area (Å²) < 4.78 is 52.4. The van der Waals surface area contributed by atoms with Gasteiger partial charge >= 0.3 is 0 Å². The van der Waals surface area contributed by atoms with Crippen molar-refractivity contribution in [2.45, 2.75) is 17.4 Å². The number of sulfonamides is 1. The van der Waals surface area contributed by atoms with Gasteiger partial charge in [0.25, 0.3) is 0 Å². The van der Waals surface area contributed by atoms with Gasteiger partial charge in [0.1, 0.15) is 11.6 Å². The van der Waals surface area contributed by atoms with Crippen LogP contribution < -0.4 is 4.72 Å². The molecule has 0 spiro atoms. The molecule has 108 valence electrons. The molecule has 8 heteroatoms. The highest BCUT2D eigenvalue weighted by Gasteiger charge is 2.27. The summed E-state index contributed by atoms with van der Waals surface area (Å²) in [6.45, 7) is 1.10. The number of nitrogens with one attached hydrogen (secondary N) is 1. The largest absolute Gasteiger partial charge is 0.388 e. The molecule has 4 nitrogen and oxygen atoms in total. The molecule has 0 fully saturated rings. The first-order valence-electron chi connectivity index (χ1n) is 5.34. The molecular formula is C11H15F2NO3S2. The van der Waals surface area contributed by atoms with Gasteiger partial charge in [0, 0.05) is 12.3 Å². The lowest BCUT2D eigenvalue weighted by atomic mass is 10.1. The lowest BCUT2D eigenvalue weighted by molar-refractivity contribution is 0.0908. The molecule has 0 amide bonds. The van der Waals surface area contributed by atoms with Crippen LogP contribution in [0.5, 0.6) is 0 Å². The van der Waals surface area contributed by atoms with Crippen molar-refractivity contribution in [3.05, 3.63) is 29.8 Å². The van der Waals surface area contributed by atoms with Gasteiger partial charge in [-0.1, -0.05) is 6.07 Å². The van der Waals surface area contributed by atoms with E-state index in [-0.39, 0.29) is 12.3 Å². The summed E-state index contributed by atoms with van der Waals surface area (Å²) >= 11 is 1.33. The Bertz CT molecular complexity index is 527. The molecule has 0 radical (unpaired) electrons. The van der Waals surface area contributed by atoms with E-state index in [0.717, 1.165) is 18.2 Å². The molecular weight excluding hydrogens is 296 g/mol. The zero-order valence-electron chi connectivity index (χ0n) is 10.5. The van der Waals surface area contributed by atoms with Gasteiger partial charge in [0.2, 0.25) is 10.0 Å². The molecule has 1 aromatic rings. The van der Waals surface area contributed by atoms with Crippen LogP contribution in [-0.2, 0) is 10.0 Å². The van der Waals surface area contributed by atoms with Crippen molar-refractivity contribution in [1.29, 1.82) is 0 Å². The summed E-state index contributed by atoms with van der Waals surface area (Å²) in [5.74, 6) is -2.05. The van der Waals surface area contributed by atoms with E-state index in [4.69, 9.17) is 0 Å². The summed E-state index contributed by atoms with van der Waals surface area (Å²) in [5, 5.41) is 9.83. The van der Waals surface area contributed by atoms with Crippen LogP contribution in [0.4, 0.5) is 8.78 Å². The van der Waals surface area contributed by atoms with Gasteiger partial charge in [-0.25, -0.2) is 21.9 Å². The second kappa shape index (κ2) is 6.17. The lowest BCUT2D eigenvalue weighted by Crippen LogP contribution is -2.42. The molecule has 0 aliphatic heterocycles. The average molecular weight is 311 g/mol. The van der Waals surface area contributed by atoms with E-state index in [1.807, 2.05) is 4.72 Å². The zero-order valence-corrected chi connectivity index (χ0v) is 12.1. The molecule has 0 unspecified atom stereocenters. The average Bonchev–Trinajstić information content (AvgIpc) is 2.26. The maximum absolute atomic E-state index is 13.4.